The van der Waals surface area contributed by atoms with Crippen molar-refractivity contribution in [2.75, 3.05) is 26.3 Å². The van der Waals surface area contributed by atoms with Gasteiger partial charge in [0.05, 0.1) is 13.2 Å². The summed E-state index contributed by atoms with van der Waals surface area (Å²) in [5, 5.41) is 0. The van der Waals surface area contributed by atoms with Crippen LogP contribution in [0, 0.1) is 0 Å². The average Bonchev–Trinajstić information content (AvgIpc) is 2.62. The Morgan fingerprint density at radius 3 is 2.39 bits per heavy atom. The van der Waals surface area contributed by atoms with Crippen LogP contribution in [0.25, 0.3) is 11.6 Å². The third kappa shape index (κ3) is 3.85. The number of rotatable bonds is 3. The van der Waals surface area contributed by atoms with Gasteiger partial charge in [0.15, 0.2) is 12.4 Å². The Bertz CT molecular complexity index is 687. The topological polar surface area (TPSA) is 33.4 Å². The van der Waals surface area contributed by atoms with Gasteiger partial charge in [-0.25, -0.2) is 4.57 Å². The minimum Gasteiger partial charge on any atom is -0.378 e. The molecule has 4 nitrogen and oxygen atoms in total. The molecule has 0 unspecified atom stereocenters. The monoisotopic (exact) mass is 309 g/mol. The van der Waals surface area contributed by atoms with Crippen molar-refractivity contribution in [1.82, 2.24) is 4.90 Å². The molecule has 1 aromatic carbocycles. The van der Waals surface area contributed by atoms with Crippen molar-refractivity contribution >= 4 is 17.6 Å². The summed E-state index contributed by atoms with van der Waals surface area (Å²) in [6.45, 7) is 2.50. The van der Waals surface area contributed by atoms with E-state index in [2.05, 4.69) is 0 Å². The third-order valence-corrected chi connectivity index (χ3v) is 3.93. The van der Waals surface area contributed by atoms with E-state index >= 15 is 0 Å². The summed E-state index contributed by atoms with van der Waals surface area (Å²) in [4.78, 5) is 14.8. The molecule has 0 saturated carbocycles. The van der Waals surface area contributed by atoms with Gasteiger partial charge >= 0.3 is 0 Å². The molecule has 0 bridgehead atoms. The molecule has 1 aromatic heterocycles. The molecule has 0 spiro atoms. The Kier molecular flexibility index (Phi) is 4.83. The second-order valence-corrected chi connectivity index (χ2v) is 5.63. The lowest BCUT2D eigenvalue weighted by atomic mass is 10.0. The number of amides is 1. The van der Waals surface area contributed by atoms with Gasteiger partial charge < -0.3 is 9.64 Å². The Labute approximate surface area is 136 Å². The van der Waals surface area contributed by atoms with E-state index < -0.39 is 0 Å². The van der Waals surface area contributed by atoms with E-state index in [9.17, 15) is 4.79 Å². The Morgan fingerprint density at radius 2 is 1.74 bits per heavy atom. The van der Waals surface area contributed by atoms with Crippen LogP contribution >= 0.6 is 0 Å². The summed E-state index contributed by atoms with van der Waals surface area (Å²) in [5.74, 6) is 0.0611. The quantitative estimate of drug-likeness (QED) is 0.641. The zero-order valence-corrected chi connectivity index (χ0v) is 13.3. The van der Waals surface area contributed by atoms with Crippen molar-refractivity contribution in [3.8, 4) is 0 Å². The predicted octanol–water partition coefficient (Wildman–Crippen LogP) is 1.91. The first kappa shape index (κ1) is 15.4. The van der Waals surface area contributed by atoms with E-state index in [1.54, 1.807) is 0 Å². The van der Waals surface area contributed by atoms with Crippen LogP contribution in [0.2, 0.25) is 0 Å². The summed E-state index contributed by atoms with van der Waals surface area (Å²) in [6.07, 6.45) is 5.88. The maximum Gasteiger partial charge on any atom is 0.254 e. The van der Waals surface area contributed by atoms with Crippen LogP contribution < -0.4 is 4.57 Å². The van der Waals surface area contributed by atoms with Crippen molar-refractivity contribution in [3.05, 3.63) is 66.0 Å². The van der Waals surface area contributed by atoms with E-state index in [0.717, 1.165) is 16.7 Å². The molecular formula is C19H21N2O2+. The van der Waals surface area contributed by atoms with Crippen LogP contribution in [-0.2, 0) is 16.6 Å². The smallest absolute Gasteiger partial charge is 0.254 e. The van der Waals surface area contributed by atoms with Crippen LogP contribution in [-0.4, -0.2) is 37.1 Å². The van der Waals surface area contributed by atoms with Gasteiger partial charge in [0.25, 0.3) is 5.91 Å². The Morgan fingerprint density at radius 1 is 1.09 bits per heavy atom. The molecule has 2 heterocycles. The van der Waals surface area contributed by atoms with E-state index in [1.807, 2.05) is 77.4 Å². The van der Waals surface area contributed by atoms with E-state index in [-0.39, 0.29) is 5.91 Å². The van der Waals surface area contributed by atoms with E-state index in [4.69, 9.17) is 4.74 Å². The van der Waals surface area contributed by atoms with Crippen LogP contribution in [0.15, 0.2) is 54.9 Å². The number of morpholine rings is 1. The van der Waals surface area contributed by atoms with Gasteiger partial charge in [0, 0.05) is 30.8 Å². The molecule has 23 heavy (non-hydrogen) atoms. The van der Waals surface area contributed by atoms with Crippen LogP contribution in [0.4, 0.5) is 0 Å². The lowest BCUT2D eigenvalue weighted by Gasteiger charge is -2.27. The molecule has 0 aliphatic carbocycles. The Balaban J connectivity index is 1.97. The summed E-state index contributed by atoms with van der Waals surface area (Å²) < 4.78 is 7.31. The number of hydrogen-bond donors (Lipinski definition) is 0. The molecule has 0 radical (unpaired) electrons. The number of hydrogen-bond acceptors (Lipinski definition) is 2. The largest absolute Gasteiger partial charge is 0.378 e. The highest BCUT2D eigenvalue weighted by molar-refractivity contribution is 6.24. The fraction of sp³-hybridized carbons (Fsp3) is 0.263. The van der Waals surface area contributed by atoms with Gasteiger partial charge in [-0.1, -0.05) is 30.3 Å². The van der Waals surface area contributed by atoms with Gasteiger partial charge in [-0.2, -0.15) is 0 Å². The highest BCUT2D eigenvalue weighted by Gasteiger charge is 2.22. The van der Waals surface area contributed by atoms with Crippen molar-refractivity contribution in [3.63, 3.8) is 0 Å². The highest BCUT2D eigenvalue weighted by Crippen LogP contribution is 2.20. The van der Waals surface area contributed by atoms with Crippen molar-refractivity contribution in [1.29, 1.82) is 0 Å². The zero-order chi connectivity index (χ0) is 16.1. The summed E-state index contributed by atoms with van der Waals surface area (Å²) in [7, 11) is 1.97. The van der Waals surface area contributed by atoms with Gasteiger partial charge in [-0.15, -0.1) is 0 Å². The van der Waals surface area contributed by atoms with Crippen LogP contribution in [0.3, 0.4) is 0 Å². The fourth-order valence-corrected chi connectivity index (χ4v) is 2.60. The standard InChI is InChI=1S/C19H21N2O2/c1-20-9-7-17(8-10-20)18(15-16-5-3-2-4-6-16)19(22)21-11-13-23-14-12-21/h2-10,15H,11-14H2,1H3/q+1. The molecular weight excluding hydrogens is 288 g/mol. The maximum atomic E-state index is 13.0. The first-order valence-electron chi connectivity index (χ1n) is 7.83. The van der Waals surface area contributed by atoms with Crippen LogP contribution in [0.1, 0.15) is 11.1 Å². The number of aromatic nitrogens is 1. The number of aryl methyl sites for hydroxylation is 1. The SMILES string of the molecule is C[n+]1ccc(C(=Cc2ccccc2)C(=O)N2CCOCC2)cc1. The molecule has 1 aliphatic heterocycles. The average molecular weight is 309 g/mol. The number of benzene rings is 1. The first-order chi connectivity index (χ1) is 11.2. The van der Waals surface area contributed by atoms with E-state index in [1.165, 1.54) is 0 Å². The normalized spacial score (nSPS) is 15.5. The van der Waals surface area contributed by atoms with Gasteiger partial charge in [0.2, 0.25) is 0 Å². The van der Waals surface area contributed by atoms with Crippen molar-refractivity contribution < 1.29 is 14.1 Å². The molecule has 0 atom stereocenters. The number of pyridine rings is 1. The minimum atomic E-state index is 0.0611. The highest BCUT2D eigenvalue weighted by atomic mass is 16.5. The number of nitrogens with zero attached hydrogens (tertiary/aromatic N) is 2. The third-order valence-electron chi connectivity index (χ3n) is 3.93. The lowest BCUT2D eigenvalue weighted by molar-refractivity contribution is -0.671. The summed E-state index contributed by atoms with van der Waals surface area (Å²) in [6, 6.07) is 13.9. The zero-order valence-electron chi connectivity index (χ0n) is 13.3. The van der Waals surface area contributed by atoms with Gasteiger partial charge in [0.1, 0.15) is 7.05 Å². The van der Waals surface area contributed by atoms with E-state index in [0.29, 0.717) is 26.3 Å². The minimum absolute atomic E-state index is 0.0611. The maximum absolute atomic E-state index is 13.0. The number of carbonyl (C=O) groups is 1. The second-order valence-electron chi connectivity index (χ2n) is 5.63. The molecule has 1 fully saturated rings. The predicted molar refractivity (Wildman–Crippen MR) is 89.3 cm³/mol. The van der Waals surface area contributed by atoms with Crippen molar-refractivity contribution in [2.24, 2.45) is 7.05 Å². The molecule has 4 heteroatoms. The van der Waals surface area contributed by atoms with Gasteiger partial charge in [-0.05, 0) is 17.2 Å². The fourth-order valence-electron chi connectivity index (χ4n) is 2.60. The molecule has 1 saturated heterocycles. The summed E-state index contributed by atoms with van der Waals surface area (Å²) in [5.41, 5.74) is 2.68. The van der Waals surface area contributed by atoms with Crippen LogP contribution in [0.5, 0.6) is 0 Å². The van der Waals surface area contributed by atoms with Crippen molar-refractivity contribution in [2.45, 2.75) is 0 Å². The number of carbonyl (C=O) groups excluding carboxylic acids is 1. The molecule has 0 N–H and O–H groups in total. The first-order valence-corrected chi connectivity index (χ1v) is 7.83. The molecule has 3 rings (SSSR count). The molecule has 2 aromatic rings. The molecule has 118 valence electrons. The molecule has 1 amide bonds. The Hall–Kier alpha value is -2.46. The van der Waals surface area contributed by atoms with Gasteiger partial charge in [-0.3, -0.25) is 4.79 Å². The second kappa shape index (κ2) is 7.20. The number of ether oxygens (including phenoxy) is 1. The molecule has 1 aliphatic rings. The lowest BCUT2D eigenvalue weighted by Crippen LogP contribution is -2.41. The summed E-state index contributed by atoms with van der Waals surface area (Å²) >= 11 is 0.